The van der Waals surface area contributed by atoms with Crippen LogP contribution in [0.15, 0.2) is 36.4 Å². The molecule has 0 fully saturated rings. The van der Waals surface area contributed by atoms with E-state index in [4.69, 9.17) is 25.8 Å². The summed E-state index contributed by atoms with van der Waals surface area (Å²) in [6, 6.07) is 8.74. The third-order valence-electron chi connectivity index (χ3n) is 3.76. The van der Waals surface area contributed by atoms with Gasteiger partial charge in [-0.1, -0.05) is 17.7 Å². The van der Waals surface area contributed by atoms with Gasteiger partial charge >= 0.3 is 0 Å². The van der Waals surface area contributed by atoms with Gasteiger partial charge in [0.1, 0.15) is 12.4 Å². The molecule has 0 aliphatic rings. The van der Waals surface area contributed by atoms with Gasteiger partial charge in [-0.05, 0) is 42.8 Å². The van der Waals surface area contributed by atoms with Gasteiger partial charge in [-0.3, -0.25) is 4.79 Å². The molecular weight excluding hydrogens is 361 g/mol. The molecule has 1 N–H and O–H groups in total. The van der Waals surface area contributed by atoms with Crippen molar-refractivity contribution in [3.05, 3.63) is 58.4 Å². The van der Waals surface area contributed by atoms with E-state index in [2.05, 4.69) is 5.32 Å². The molecule has 2 aromatic rings. The van der Waals surface area contributed by atoms with E-state index < -0.39 is 5.82 Å². The van der Waals surface area contributed by atoms with Crippen molar-refractivity contribution in [2.24, 2.45) is 0 Å². The first-order valence-electron chi connectivity index (χ1n) is 8.01. The highest BCUT2D eigenvalue weighted by Gasteiger charge is 2.16. The van der Waals surface area contributed by atoms with E-state index in [-0.39, 0.29) is 22.5 Å². The van der Waals surface area contributed by atoms with Gasteiger partial charge in [-0.2, -0.15) is 0 Å². The summed E-state index contributed by atoms with van der Waals surface area (Å²) in [5, 5.41) is 2.90. The maximum Gasteiger partial charge on any atom is 0.253 e. The number of carbonyl (C=O) groups excluding carboxylic acids is 1. The van der Waals surface area contributed by atoms with Crippen LogP contribution in [-0.4, -0.2) is 33.3 Å². The molecule has 0 aliphatic heterocycles. The second kappa shape index (κ2) is 9.40. The molecule has 0 bridgehead atoms. The summed E-state index contributed by atoms with van der Waals surface area (Å²) < 4.78 is 29.0. The van der Waals surface area contributed by atoms with Crippen LogP contribution in [-0.2, 0) is 4.74 Å². The maximum atomic E-state index is 13.1. The molecule has 2 aromatic carbocycles. The van der Waals surface area contributed by atoms with Gasteiger partial charge in [0.25, 0.3) is 5.91 Å². The van der Waals surface area contributed by atoms with E-state index in [9.17, 15) is 9.18 Å². The molecule has 0 aromatic heterocycles. The summed E-state index contributed by atoms with van der Waals surface area (Å²) in [6.45, 7) is 2.70. The lowest BCUT2D eigenvalue weighted by molar-refractivity contribution is 0.0940. The lowest BCUT2D eigenvalue weighted by atomic mass is 10.1. The minimum atomic E-state index is -0.492. The fourth-order valence-corrected chi connectivity index (χ4v) is 2.59. The second-order valence-corrected chi connectivity index (χ2v) is 5.98. The highest BCUT2D eigenvalue weighted by molar-refractivity contribution is 6.33. The van der Waals surface area contributed by atoms with E-state index in [0.717, 1.165) is 11.6 Å². The molecular formula is C19H21ClFNO4. The van der Waals surface area contributed by atoms with Crippen molar-refractivity contribution >= 4 is 17.5 Å². The van der Waals surface area contributed by atoms with Crippen molar-refractivity contribution < 1.29 is 23.4 Å². The van der Waals surface area contributed by atoms with Gasteiger partial charge in [0, 0.05) is 7.11 Å². The van der Waals surface area contributed by atoms with E-state index >= 15 is 0 Å². The van der Waals surface area contributed by atoms with Gasteiger partial charge < -0.3 is 19.5 Å². The Balaban J connectivity index is 2.10. The maximum absolute atomic E-state index is 13.1. The number of hydrogen-bond acceptors (Lipinski definition) is 4. The summed E-state index contributed by atoms with van der Waals surface area (Å²) in [6.07, 6.45) is 0. The number of halogens is 2. The lowest BCUT2D eigenvalue weighted by Crippen LogP contribution is -2.27. The predicted molar refractivity (Wildman–Crippen MR) is 97.7 cm³/mol. The standard InChI is InChI=1S/C19H21ClFNO4/c1-12(22-19(23)15-6-5-14(21)11-16(15)20)13-4-7-17(18(10-13)25-3)26-9-8-24-2/h4-7,10-12H,8-9H2,1-3H3,(H,22,23)/t12-/m1/s1. The third-order valence-corrected chi connectivity index (χ3v) is 4.07. The van der Waals surface area contributed by atoms with E-state index in [1.54, 1.807) is 26.4 Å². The molecule has 0 saturated carbocycles. The minimum Gasteiger partial charge on any atom is -0.493 e. The van der Waals surface area contributed by atoms with Crippen LogP contribution >= 0.6 is 11.6 Å². The SMILES string of the molecule is COCCOc1ccc([C@@H](C)NC(=O)c2ccc(F)cc2Cl)cc1OC. The largest absolute Gasteiger partial charge is 0.493 e. The minimum absolute atomic E-state index is 0.0640. The highest BCUT2D eigenvalue weighted by atomic mass is 35.5. The Bertz CT molecular complexity index is 769. The first-order chi connectivity index (χ1) is 12.5. The fourth-order valence-electron chi connectivity index (χ4n) is 2.34. The normalized spacial score (nSPS) is 11.7. The number of amides is 1. The molecule has 1 atom stereocenters. The summed E-state index contributed by atoms with van der Waals surface area (Å²) >= 11 is 5.94. The number of benzene rings is 2. The van der Waals surface area contributed by atoms with Crippen LogP contribution in [0.3, 0.4) is 0 Å². The van der Waals surface area contributed by atoms with Crippen molar-refractivity contribution in [1.82, 2.24) is 5.32 Å². The van der Waals surface area contributed by atoms with Crippen LogP contribution < -0.4 is 14.8 Å². The van der Waals surface area contributed by atoms with E-state index in [1.165, 1.54) is 12.1 Å². The van der Waals surface area contributed by atoms with Crippen molar-refractivity contribution in [3.63, 3.8) is 0 Å². The van der Waals surface area contributed by atoms with Gasteiger partial charge in [0.15, 0.2) is 11.5 Å². The molecule has 0 spiro atoms. The Hall–Kier alpha value is -2.31. The molecule has 1 amide bonds. The number of hydrogen-bond donors (Lipinski definition) is 1. The van der Waals surface area contributed by atoms with E-state index in [1.807, 2.05) is 13.0 Å². The van der Waals surface area contributed by atoms with Crippen LogP contribution in [0, 0.1) is 5.82 Å². The molecule has 0 unspecified atom stereocenters. The quantitative estimate of drug-likeness (QED) is 0.702. The summed E-state index contributed by atoms with van der Waals surface area (Å²) in [5.74, 6) is 0.267. The molecule has 7 heteroatoms. The fraction of sp³-hybridized carbons (Fsp3) is 0.316. The lowest BCUT2D eigenvalue weighted by Gasteiger charge is -2.17. The average molecular weight is 382 g/mol. The van der Waals surface area contributed by atoms with Gasteiger partial charge in [0.05, 0.1) is 30.3 Å². The van der Waals surface area contributed by atoms with E-state index in [0.29, 0.717) is 24.7 Å². The van der Waals surface area contributed by atoms with Crippen molar-refractivity contribution in [2.75, 3.05) is 27.4 Å². The summed E-state index contributed by atoms with van der Waals surface area (Å²) in [7, 11) is 3.14. The molecule has 5 nitrogen and oxygen atoms in total. The average Bonchev–Trinajstić information content (AvgIpc) is 2.61. The first kappa shape index (κ1) is 20.0. The summed E-state index contributed by atoms with van der Waals surface area (Å²) in [4.78, 5) is 12.4. The Morgan fingerprint density at radius 1 is 1.15 bits per heavy atom. The Kier molecular flexibility index (Phi) is 7.24. The molecule has 2 rings (SSSR count). The number of nitrogens with one attached hydrogen (secondary N) is 1. The monoisotopic (exact) mass is 381 g/mol. The number of carbonyl (C=O) groups is 1. The van der Waals surface area contributed by atoms with Crippen LogP contribution in [0.25, 0.3) is 0 Å². The first-order valence-corrected chi connectivity index (χ1v) is 8.39. The molecule has 0 heterocycles. The molecule has 26 heavy (non-hydrogen) atoms. The third kappa shape index (κ3) is 5.09. The Labute approximate surface area is 157 Å². The zero-order chi connectivity index (χ0) is 19.1. The summed E-state index contributed by atoms with van der Waals surface area (Å²) in [5.41, 5.74) is 1.04. The van der Waals surface area contributed by atoms with Crippen LogP contribution in [0.2, 0.25) is 5.02 Å². The van der Waals surface area contributed by atoms with Crippen molar-refractivity contribution in [1.29, 1.82) is 0 Å². The van der Waals surface area contributed by atoms with Crippen molar-refractivity contribution in [2.45, 2.75) is 13.0 Å². The number of ether oxygens (including phenoxy) is 3. The van der Waals surface area contributed by atoms with Gasteiger partial charge in [-0.25, -0.2) is 4.39 Å². The van der Waals surface area contributed by atoms with Crippen LogP contribution in [0.1, 0.15) is 28.9 Å². The molecule has 0 radical (unpaired) electrons. The zero-order valence-corrected chi connectivity index (χ0v) is 15.6. The van der Waals surface area contributed by atoms with Crippen molar-refractivity contribution in [3.8, 4) is 11.5 Å². The number of rotatable bonds is 8. The zero-order valence-electron chi connectivity index (χ0n) is 14.8. The van der Waals surface area contributed by atoms with Gasteiger partial charge in [-0.15, -0.1) is 0 Å². The van der Waals surface area contributed by atoms with Crippen LogP contribution in [0.4, 0.5) is 4.39 Å². The Morgan fingerprint density at radius 2 is 1.92 bits per heavy atom. The number of methoxy groups -OCH3 is 2. The van der Waals surface area contributed by atoms with Crippen LogP contribution in [0.5, 0.6) is 11.5 Å². The smallest absolute Gasteiger partial charge is 0.253 e. The van der Waals surface area contributed by atoms with Gasteiger partial charge in [0.2, 0.25) is 0 Å². The predicted octanol–water partition coefficient (Wildman–Crippen LogP) is 4.00. The second-order valence-electron chi connectivity index (χ2n) is 5.57. The topological polar surface area (TPSA) is 56.8 Å². The molecule has 0 saturated heterocycles. The molecule has 0 aliphatic carbocycles. The highest BCUT2D eigenvalue weighted by Crippen LogP contribution is 2.30. The molecule has 140 valence electrons. The Morgan fingerprint density at radius 3 is 2.58 bits per heavy atom.